The van der Waals surface area contributed by atoms with Crippen LogP contribution in [-0.4, -0.2) is 6.29 Å². The van der Waals surface area contributed by atoms with Crippen LogP contribution in [0.4, 0.5) is 0 Å². The molecule has 0 fully saturated rings. The highest BCUT2D eigenvalue weighted by molar-refractivity contribution is 5.44. The normalized spacial score (nSPS) is 3.25. The predicted molar refractivity (Wildman–Crippen MR) is 11.7 cm³/mol. The van der Waals surface area contributed by atoms with Gasteiger partial charge in [0.1, 0.15) is 6.29 Å². The van der Waals surface area contributed by atoms with Gasteiger partial charge in [-0.25, -0.2) is 0 Å². The Hall–Kier alpha value is -0.400. The Bertz CT molecular complexity index is 13.5. The number of aldehydes is 1. The fourth-order valence-electron chi connectivity index (χ4n) is 0. The summed E-state index contributed by atoms with van der Waals surface area (Å²) in [7, 11) is 0. The molecular formula is C2H4FO-. The third kappa shape index (κ3) is 3.60. The highest BCUT2D eigenvalue weighted by atomic mass is 19.0. The van der Waals surface area contributed by atoms with Crippen molar-refractivity contribution in [3.8, 4) is 0 Å². The van der Waals surface area contributed by atoms with E-state index in [1.807, 2.05) is 0 Å². The Morgan fingerprint density at radius 1 is 1.75 bits per heavy atom. The van der Waals surface area contributed by atoms with Gasteiger partial charge in [0.15, 0.2) is 0 Å². The van der Waals surface area contributed by atoms with Crippen molar-refractivity contribution in [1.29, 1.82) is 0 Å². The summed E-state index contributed by atoms with van der Waals surface area (Å²) in [6.07, 6.45) is 0.750. The zero-order valence-electron chi connectivity index (χ0n) is 2.36. The van der Waals surface area contributed by atoms with Gasteiger partial charge in [-0.05, 0) is 6.92 Å². The van der Waals surface area contributed by atoms with Gasteiger partial charge >= 0.3 is 0 Å². The molecule has 0 bridgehead atoms. The number of carbonyl (C=O) groups excluding carboxylic acids is 1. The molecule has 0 aromatic rings. The number of carbonyl (C=O) groups is 1. The maximum Gasteiger partial charge on any atom is 0.116 e. The fraction of sp³-hybridized carbons (Fsp3) is 0.500. The average molecular weight is 63.1 g/mol. The SMILES string of the molecule is CC=O.[F-]. The van der Waals surface area contributed by atoms with Gasteiger partial charge in [-0.3, -0.25) is 0 Å². The second-order valence-electron chi connectivity index (χ2n) is 0.236. The smallest absolute Gasteiger partial charge is 0.116 e. The Morgan fingerprint density at radius 3 is 1.75 bits per heavy atom. The first-order valence-electron chi connectivity index (χ1n) is 0.813. The summed E-state index contributed by atoms with van der Waals surface area (Å²) in [5.41, 5.74) is 0. The molecule has 0 aliphatic heterocycles. The van der Waals surface area contributed by atoms with E-state index in [4.69, 9.17) is 4.79 Å². The van der Waals surface area contributed by atoms with Crippen LogP contribution in [0, 0.1) is 0 Å². The van der Waals surface area contributed by atoms with Crippen molar-refractivity contribution >= 4 is 6.29 Å². The maximum atomic E-state index is 8.81. The first kappa shape index (κ1) is 9.51. The third-order valence-electron chi connectivity index (χ3n) is 0. The van der Waals surface area contributed by atoms with Gasteiger partial charge in [0.2, 0.25) is 0 Å². The van der Waals surface area contributed by atoms with Crippen molar-refractivity contribution in [1.82, 2.24) is 0 Å². The molecule has 0 rings (SSSR count). The minimum atomic E-state index is 0. The largest absolute Gasteiger partial charge is 1.00 e. The summed E-state index contributed by atoms with van der Waals surface area (Å²) < 4.78 is 0. The van der Waals surface area contributed by atoms with Crippen LogP contribution in [0.1, 0.15) is 6.92 Å². The molecule has 0 aromatic carbocycles. The number of rotatable bonds is 0. The lowest BCUT2D eigenvalue weighted by Crippen LogP contribution is -3.00. The molecule has 0 heterocycles. The van der Waals surface area contributed by atoms with Crippen molar-refractivity contribution < 1.29 is 9.50 Å². The van der Waals surface area contributed by atoms with Crippen LogP contribution in [0.3, 0.4) is 0 Å². The molecule has 1 nitrogen and oxygen atoms in total. The Morgan fingerprint density at radius 2 is 1.75 bits per heavy atom. The summed E-state index contributed by atoms with van der Waals surface area (Å²) in [5, 5.41) is 0. The summed E-state index contributed by atoms with van der Waals surface area (Å²) in [6, 6.07) is 0. The van der Waals surface area contributed by atoms with Crippen LogP contribution in [-0.2, 0) is 4.79 Å². The van der Waals surface area contributed by atoms with Crippen LogP contribution in [0.15, 0.2) is 0 Å². The second-order valence-corrected chi connectivity index (χ2v) is 0.236. The lowest BCUT2D eigenvalue weighted by molar-refractivity contribution is -0.106. The molecule has 0 radical (unpaired) electrons. The third-order valence-corrected chi connectivity index (χ3v) is 0. The van der Waals surface area contributed by atoms with Crippen LogP contribution in [0.25, 0.3) is 0 Å². The topological polar surface area (TPSA) is 17.1 Å². The van der Waals surface area contributed by atoms with Crippen molar-refractivity contribution in [2.24, 2.45) is 0 Å². The van der Waals surface area contributed by atoms with E-state index in [1.54, 1.807) is 0 Å². The maximum absolute atomic E-state index is 8.81. The van der Waals surface area contributed by atoms with Gasteiger partial charge in [0.25, 0.3) is 0 Å². The first-order chi connectivity index (χ1) is 1.41. The standard InChI is InChI=1S/C2H4O.FH/c1-2-3;/h2H,1H3;1H/p-1. The molecule has 4 heavy (non-hydrogen) atoms. The van der Waals surface area contributed by atoms with Gasteiger partial charge in [-0.15, -0.1) is 0 Å². The van der Waals surface area contributed by atoms with E-state index in [0.717, 1.165) is 6.29 Å². The Kier molecular flexibility index (Phi) is 43.9. The van der Waals surface area contributed by atoms with E-state index in [2.05, 4.69) is 0 Å². The monoisotopic (exact) mass is 63.0 g/mol. The van der Waals surface area contributed by atoms with Gasteiger partial charge in [-0.2, -0.15) is 0 Å². The van der Waals surface area contributed by atoms with Crippen molar-refractivity contribution in [2.75, 3.05) is 0 Å². The Labute approximate surface area is 24.0 Å². The Balaban J connectivity index is 0. The fourth-order valence-corrected chi connectivity index (χ4v) is 0. The average Bonchev–Trinajstić information content (AvgIpc) is 0.918. The van der Waals surface area contributed by atoms with E-state index in [-0.39, 0.29) is 4.70 Å². The molecule has 0 atom stereocenters. The minimum Gasteiger partial charge on any atom is -1.00 e. The lowest BCUT2D eigenvalue weighted by Gasteiger charge is -1.23. The summed E-state index contributed by atoms with van der Waals surface area (Å²) >= 11 is 0. The molecule has 0 unspecified atom stereocenters. The van der Waals surface area contributed by atoms with Crippen molar-refractivity contribution in [3.05, 3.63) is 0 Å². The first-order valence-corrected chi connectivity index (χ1v) is 0.813. The van der Waals surface area contributed by atoms with E-state index in [9.17, 15) is 0 Å². The summed E-state index contributed by atoms with van der Waals surface area (Å²) in [5.74, 6) is 0. The number of hydrogen-bond donors (Lipinski definition) is 0. The zero-order valence-corrected chi connectivity index (χ0v) is 2.36. The van der Waals surface area contributed by atoms with E-state index >= 15 is 0 Å². The number of hydrogen-bond acceptors (Lipinski definition) is 1. The van der Waals surface area contributed by atoms with E-state index in [0.29, 0.717) is 0 Å². The van der Waals surface area contributed by atoms with Crippen LogP contribution >= 0.6 is 0 Å². The molecule has 0 saturated carbocycles. The van der Waals surface area contributed by atoms with Crippen LogP contribution in [0.2, 0.25) is 0 Å². The molecule has 0 aliphatic rings. The molecule has 0 aliphatic carbocycles. The van der Waals surface area contributed by atoms with Crippen LogP contribution in [0.5, 0.6) is 0 Å². The second kappa shape index (κ2) is 18.5. The van der Waals surface area contributed by atoms with Gasteiger partial charge in [-0.1, -0.05) is 0 Å². The van der Waals surface area contributed by atoms with Crippen molar-refractivity contribution in [3.63, 3.8) is 0 Å². The predicted octanol–water partition coefficient (Wildman–Crippen LogP) is -2.79. The van der Waals surface area contributed by atoms with E-state index < -0.39 is 0 Å². The molecule has 0 amide bonds. The number of halogens is 1. The molecular weight excluding hydrogens is 59.0 g/mol. The molecule has 0 N–H and O–H groups in total. The summed E-state index contributed by atoms with van der Waals surface area (Å²) in [4.78, 5) is 8.81. The quantitative estimate of drug-likeness (QED) is 0.278. The lowest BCUT2D eigenvalue weighted by atomic mass is 11.0. The zero-order chi connectivity index (χ0) is 2.71. The van der Waals surface area contributed by atoms with Crippen molar-refractivity contribution in [2.45, 2.75) is 6.92 Å². The highest BCUT2D eigenvalue weighted by Crippen LogP contribution is 1.13. The molecule has 0 aromatic heterocycles. The van der Waals surface area contributed by atoms with E-state index in [1.165, 1.54) is 6.92 Å². The van der Waals surface area contributed by atoms with Crippen LogP contribution < -0.4 is 4.70 Å². The van der Waals surface area contributed by atoms with Gasteiger partial charge in [0.05, 0.1) is 0 Å². The molecule has 0 saturated heterocycles. The summed E-state index contributed by atoms with van der Waals surface area (Å²) in [6.45, 7) is 1.44. The highest BCUT2D eigenvalue weighted by Gasteiger charge is 1.24. The molecule has 2 heteroatoms. The molecule has 0 spiro atoms. The van der Waals surface area contributed by atoms with Gasteiger partial charge in [0, 0.05) is 0 Å². The molecule has 26 valence electrons. The minimum absolute atomic E-state index is 0. The van der Waals surface area contributed by atoms with Gasteiger partial charge < -0.3 is 9.50 Å².